The lowest BCUT2D eigenvalue weighted by Crippen LogP contribution is -2.32. The fourth-order valence-corrected chi connectivity index (χ4v) is 2.99. The van der Waals surface area contributed by atoms with Crippen molar-refractivity contribution in [3.8, 4) is 0 Å². The van der Waals surface area contributed by atoms with Gasteiger partial charge in [0.2, 0.25) is 5.91 Å². The van der Waals surface area contributed by atoms with Gasteiger partial charge in [-0.2, -0.15) is 0 Å². The summed E-state index contributed by atoms with van der Waals surface area (Å²) in [6, 6.07) is 12.4. The first-order valence-electron chi connectivity index (χ1n) is 7.95. The lowest BCUT2D eigenvalue weighted by atomic mass is 10.2. The fourth-order valence-electron chi connectivity index (χ4n) is 2.99. The molecule has 0 spiro atoms. The molecular formula is C18H22N4O. The minimum absolute atomic E-state index is 0.0304. The summed E-state index contributed by atoms with van der Waals surface area (Å²) in [5.41, 5.74) is 3.13. The van der Waals surface area contributed by atoms with E-state index in [1.807, 2.05) is 31.2 Å². The second-order valence-corrected chi connectivity index (χ2v) is 5.76. The van der Waals surface area contributed by atoms with Crippen LogP contribution in [0.25, 0.3) is 0 Å². The summed E-state index contributed by atoms with van der Waals surface area (Å²) in [6.45, 7) is 7.11. The molecular weight excluding hydrogens is 288 g/mol. The molecule has 1 N–H and O–H groups in total. The number of amides is 1. The Bertz CT molecular complexity index is 701. The molecule has 5 nitrogen and oxygen atoms in total. The molecule has 120 valence electrons. The minimum atomic E-state index is 0.0304. The summed E-state index contributed by atoms with van der Waals surface area (Å²) in [5, 5.41) is 3.39. The first-order valence-corrected chi connectivity index (χ1v) is 7.95. The van der Waals surface area contributed by atoms with Crippen LogP contribution in [0.4, 0.5) is 17.2 Å². The van der Waals surface area contributed by atoms with Crippen molar-refractivity contribution in [3.05, 3.63) is 48.2 Å². The topological polar surface area (TPSA) is 48.5 Å². The third-order valence-corrected chi connectivity index (χ3v) is 4.18. The second-order valence-electron chi connectivity index (χ2n) is 5.76. The van der Waals surface area contributed by atoms with Crippen molar-refractivity contribution >= 4 is 23.1 Å². The molecule has 1 aromatic heterocycles. The van der Waals surface area contributed by atoms with Crippen LogP contribution in [0.1, 0.15) is 26.3 Å². The van der Waals surface area contributed by atoms with Crippen LogP contribution in [0.2, 0.25) is 0 Å². The summed E-state index contributed by atoms with van der Waals surface area (Å²) in [6.07, 6.45) is 1.93. The van der Waals surface area contributed by atoms with Gasteiger partial charge in [0, 0.05) is 20.0 Å². The van der Waals surface area contributed by atoms with Crippen molar-refractivity contribution in [1.82, 2.24) is 4.98 Å². The maximum Gasteiger partial charge on any atom is 0.223 e. The van der Waals surface area contributed by atoms with Gasteiger partial charge in [-0.3, -0.25) is 4.79 Å². The van der Waals surface area contributed by atoms with E-state index < -0.39 is 0 Å². The number of nitrogens with zero attached hydrogens (tertiary/aromatic N) is 3. The molecule has 0 radical (unpaired) electrons. The van der Waals surface area contributed by atoms with Gasteiger partial charge >= 0.3 is 0 Å². The number of anilines is 3. The van der Waals surface area contributed by atoms with E-state index in [9.17, 15) is 4.79 Å². The second kappa shape index (κ2) is 6.28. The smallest absolute Gasteiger partial charge is 0.223 e. The third kappa shape index (κ3) is 2.99. The highest BCUT2D eigenvalue weighted by Crippen LogP contribution is 2.36. The fraction of sp³-hybridized carbons (Fsp3) is 0.333. The SMILES string of the molecule is CCN(C(C)=O)c1cnc2c(c1)N(Cc1ccccc1)C(C)N2. The predicted molar refractivity (Wildman–Crippen MR) is 93.6 cm³/mol. The highest BCUT2D eigenvalue weighted by molar-refractivity contribution is 5.92. The molecule has 1 aromatic carbocycles. The quantitative estimate of drug-likeness (QED) is 0.942. The number of nitrogens with one attached hydrogen (secondary N) is 1. The molecule has 1 amide bonds. The zero-order valence-corrected chi connectivity index (χ0v) is 13.8. The highest BCUT2D eigenvalue weighted by atomic mass is 16.2. The summed E-state index contributed by atoms with van der Waals surface area (Å²) in [7, 11) is 0. The van der Waals surface area contributed by atoms with Crippen LogP contribution in [0.5, 0.6) is 0 Å². The van der Waals surface area contributed by atoms with E-state index in [1.54, 1.807) is 18.0 Å². The largest absolute Gasteiger partial charge is 0.349 e. The van der Waals surface area contributed by atoms with Crippen molar-refractivity contribution in [2.24, 2.45) is 0 Å². The molecule has 0 saturated carbocycles. The number of pyridine rings is 1. The number of fused-ring (bicyclic) bond motifs is 1. The zero-order valence-electron chi connectivity index (χ0n) is 13.8. The van der Waals surface area contributed by atoms with Gasteiger partial charge in [0.15, 0.2) is 5.82 Å². The van der Waals surface area contributed by atoms with Gasteiger partial charge < -0.3 is 15.1 Å². The third-order valence-electron chi connectivity index (χ3n) is 4.18. The van der Waals surface area contributed by atoms with Crippen molar-refractivity contribution < 1.29 is 4.79 Å². The normalized spacial score (nSPS) is 16.0. The van der Waals surface area contributed by atoms with Gasteiger partial charge in [0.05, 0.1) is 23.7 Å². The van der Waals surface area contributed by atoms with E-state index in [4.69, 9.17) is 0 Å². The Balaban J connectivity index is 1.92. The molecule has 1 aliphatic rings. The van der Waals surface area contributed by atoms with Crippen LogP contribution in [0.3, 0.4) is 0 Å². The van der Waals surface area contributed by atoms with Crippen LogP contribution in [-0.2, 0) is 11.3 Å². The van der Waals surface area contributed by atoms with Gasteiger partial charge in [-0.05, 0) is 25.5 Å². The minimum Gasteiger partial charge on any atom is -0.349 e. The van der Waals surface area contributed by atoms with Crippen molar-refractivity contribution in [1.29, 1.82) is 0 Å². The Morgan fingerprint density at radius 1 is 1.35 bits per heavy atom. The monoisotopic (exact) mass is 310 g/mol. The molecule has 23 heavy (non-hydrogen) atoms. The van der Waals surface area contributed by atoms with E-state index >= 15 is 0 Å². The summed E-state index contributed by atoms with van der Waals surface area (Å²) in [5.74, 6) is 0.902. The average Bonchev–Trinajstić information content (AvgIpc) is 2.84. The maximum absolute atomic E-state index is 11.8. The first-order chi connectivity index (χ1) is 11.1. The van der Waals surface area contributed by atoms with Crippen LogP contribution in [0.15, 0.2) is 42.6 Å². The van der Waals surface area contributed by atoms with Gasteiger partial charge in [-0.1, -0.05) is 30.3 Å². The Labute approximate surface area is 136 Å². The average molecular weight is 310 g/mol. The molecule has 0 saturated heterocycles. The number of carbonyl (C=O) groups is 1. The standard InChI is InChI=1S/C18H22N4O/c1-4-21(14(3)23)16-10-17-18(19-11-16)20-13(2)22(17)12-15-8-6-5-7-9-15/h5-11,13H,4,12H2,1-3H3,(H,19,20). The van der Waals surface area contributed by atoms with Gasteiger partial charge in [-0.15, -0.1) is 0 Å². The van der Waals surface area contributed by atoms with Gasteiger partial charge in [0.1, 0.15) is 0 Å². The van der Waals surface area contributed by atoms with Crippen LogP contribution >= 0.6 is 0 Å². The lowest BCUT2D eigenvalue weighted by Gasteiger charge is -2.25. The van der Waals surface area contributed by atoms with Crippen LogP contribution in [-0.4, -0.2) is 23.6 Å². The number of hydrogen-bond acceptors (Lipinski definition) is 4. The Kier molecular flexibility index (Phi) is 4.19. The summed E-state index contributed by atoms with van der Waals surface area (Å²) in [4.78, 5) is 20.3. The molecule has 0 bridgehead atoms. The van der Waals surface area contributed by atoms with Crippen molar-refractivity contribution in [2.75, 3.05) is 21.7 Å². The molecule has 0 aliphatic carbocycles. The molecule has 2 heterocycles. The van der Waals surface area contributed by atoms with E-state index in [0.29, 0.717) is 6.54 Å². The molecule has 3 rings (SSSR count). The summed E-state index contributed by atoms with van der Waals surface area (Å²) < 4.78 is 0. The van der Waals surface area contributed by atoms with Crippen LogP contribution < -0.4 is 15.1 Å². The van der Waals surface area contributed by atoms with E-state index in [-0.39, 0.29) is 12.1 Å². The molecule has 1 unspecified atom stereocenters. The number of benzene rings is 1. The zero-order chi connectivity index (χ0) is 16.4. The molecule has 5 heteroatoms. The Morgan fingerprint density at radius 2 is 2.09 bits per heavy atom. The number of rotatable bonds is 4. The molecule has 2 aromatic rings. The molecule has 1 atom stereocenters. The van der Waals surface area contributed by atoms with Gasteiger partial charge in [0.25, 0.3) is 0 Å². The number of aromatic nitrogens is 1. The van der Waals surface area contributed by atoms with E-state index in [1.165, 1.54) is 5.56 Å². The predicted octanol–water partition coefficient (Wildman–Crippen LogP) is 3.23. The van der Waals surface area contributed by atoms with E-state index in [2.05, 4.69) is 34.3 Å². The number of hydrogen-bond donors (Lipinski definition) is 1. The lowest BCUT2D eigenvalue weighted by molar-refractivity contribution is -0.116. The maximum atomic E-state index is 11.8. The van der Waals surface area contributed by atoms with Gasteiger partial charge in [-0.25, -0.2) is 4.98 Å². The number of carbonyl (C=O) groups excluding carboxylic acids is 1. The van der Waals surface area contributed by atoms with E-state index in [0.717, 1.165) is 23.7 Å². The summed E-state index contributed by atoms with van der Waals surface area (Å²) >= 11 is 0. The van der Waals surface area contributed by atoms with Crippen molar-refractivity contribution in [2.45, 2.75) is 33.5 Å². The Morgan fingerprint density at radius 3 is 2.74 bits per heavy atom. The first kappa shape index (κ1) is 15.3. The van der Waals surface area contributed by atoms with Crippen molar-refractivity contribution in [3.63, 3.8) is 0 Å². The molecule has 0 fully saturated rings. The molecule has 1 aliphatic heterocycles. The highest BCUT2D eigenvalue weighted by Gasteiger charge is 2.27. The van der Waals surface area contributed by atoms with Crippen LogP contribution in [0, 0.1) is 0 Å². The Hall–Kier alpha value is -2.56.